The van der Waals surface area contributed by atoms with Gasteiger partial charge >= 0.3 is 12.2 Å². The number of ether oxygens (including phenoxy) is 1. The van der Waals surface area contributed by atoms with Crippen LogP contribution in [-0.2, 0) is 6.18 Å². The third kappa shape index (κ3) is 5.96. The molecule has 0 saturated heterocycles. The molecular weight excluding hydrogens is 463 g/mol. The maximum Gasteiger partial charge on any atom is 0.416 e. The number of halogens is 3. The molecule has 35 heavy (non-hydrogen) atoms. The number of H-pyrrole nitrogens is 1. The summed E-state index contributed by atoms with van der Waals surface area (Å²) in [6.45, 7) is 0. The standard InChI is InChI=1S/C24H18F3N5O3/c25-24(26,27)16-6-4-14(5-7-16)20-13-21(32-31-20)30-23(34)29-17-8-10-18(11-9-17)35-19-3-1-2-15(12-19)22(28)33/h1-13H,(H2,28,33)(H3,29,30,31,32,34). The highest BCUT2D eigenvalue weighted by Gasteiger charge is 2.30. The smallest absolute Gasteiger partial charge is 0.416 e. The predicted octanol–water partition coefficient (Wildman–Crippen LogP) is 5.63. The van der Waals surface area contributed by atoms with Gasteiger partial charge in [0, 0.05) is 17.3 Å². The fourth-order valence-corrected chi connectivity index (χ4v) is 3.11. The first-order valence-electron chi connectivity index (χ1n) is 10.2. The Morgan fingerprint density at radius 1 is 0.886 bits per heavy atom. The van der Waals surface area contributed by atoms with Crippen LogP contribution in [0.3, 0.4) is 0 Å². The molecule has 1 heterocycles. The number of aromatic nitrogens is 2. The highest BCUT2D eigenvalue weighted by atomic mass is 19.4. The van der Waals surface area contributed by atoms with Crippen LogP contribution in [0.1, 0.15) is 15.9 Å². The number of nitrogens with one attached hydrogen (secondary N) is 3. The fourth-order valence-electron chi connectivity index (χ4n) is 3.11. The van der Waals surface area contributed by atoms with Crippen molar-refractivity contribution in [2.24, 2.45) is 5.73 Å². The lowest BCUT2D eigenvalue weighted by Gasteiger charge is -2.09. The number of rotatable bonds is 6. The molecule has 178 valence electrons. The lowest BCUT2D eigenvalue weighted by Crippen LogP contribution is -2.19. The number of alkyl halides is 3. The third-order valence-electron chi connectivity index (χ3n) is 4.81. The molecule has 0 aliphatic heterocycles. The van der Waals surface area contributed by atoms with Gasteiger partial charge in [0.2, 0.25) is 5.91 Å². The Hall–Kier alpha value is -4.80. The normalized spacial score (nSPS) is 11.1. The highest BCUT2D eigenvalue weighted by molar-refractivity contribution is 5.99. The Morgan fingerprint density at radius 3 is 2.26 bits per heavy atom. The molecule has 11 heteroatoms. The van der Waals surface area contributed by atoms with Gasteiger partial charge in [-0.05, 0) is 60.2 Å². The van der Waals surface area contributed by atoms with Crippen LogP contribution in [0, 0.1) is 0 Å². The van der Waals surface area contributed by atoms with Crippen molar-refractivity contribution in [1.29, 1.82) is 0 Å². The van der Waals surface area contributed by atoms with Crippen molar-refractivity contribution < 1.29 is 27.5 Å². The van der Waals surface area contributed by atoms with Crippen LogP contribution in [-0.4, -0.2) is 22.1 Å². The summed E-state index contributed by atoms with van der Waals surface area (Å²) in [6, 6.07) is 18.4. The van der Waals surface area contributed by atoms with Gasteiger partial charge in [0.05, 0.1) is 11.3 Å². The zero-order valence-corrected chi connectivity index (χ0v) is 17.9. The molecule has 0 spiro atoms. The van der Waals surface area contributed by atoms with Crippen molar-refractivity contribution in [2.75, 3.05) is 10.6 Å². The van der Waals surface area contributed by atoms with Crippen LogP contribution in [0.4, 0.5) is 29.5 Å². The minimum Gasteiger partial charge on any atom is -0.457 e. The number of anilines is 2. The molecule has 4 aromatic rings. The number of aromatic amines is 1. The lowest BCUT2D eigenvalue weighted by molar-refractivity contribution is -0.137. The molecule has 0 radical (unpaired) electrons. The van der Waals surface area contributed by atoms with E-state index in [0.717, 1.165) is 12.1 Å². The first-order valence-corrected chi connectivity index (χ1v) is 10.2. The largest absolute Gasteiger partial charge is 0.457 e. The highest BCUT2D eigenvalue weighted by Crippen LogP contribution is 2.31. The van der Waals surface area contributed by atoms with E-state index >= 15 is 0 Å². The minimum atomic E-state index is -4.42. The van der Waals surface area contributed by atoms with E-state index < -0.39 is 23.7 Å². The van der Waals surface area contributed by atoms with E-state index in [-0.39, 0.29) is 5.82 Å². The van der Waals surface area contributed by atoms with Gasteiger partial charge in [-0.3, -0.25) is 15.2 Å². The molecule has 0 unspecified atom stereocenters. The van der Waals surface area contributed by atoms with Crippen molar-refractivity contribution >= 4 is 23.4 Å². The molecule has 8 nitrogen and oxygen atoms in total. The quantitative estimate of drug-likeness (QED) is 0.285. The first-order chi connectivity index (χ1) is 16.7. The van der Waals surface area contributed by atoms with Crippen LogP contribution >= 0.6 is 0 Å². The summed E-state index contributed by atoms with van der Waals surface area (Å²) in [6.07, 6.45) is -4.42. The molecule has 1 aromatic heterocycles. The molecule has 0 atom stereocenters. The van der Waals surface area contributed by atoms with E-state index in [1.165, 1.54) is 24.3 Å². The summed E-state index contributed by atoms with van der Waals surface area (Å²) in [5.74, 6) is 0.532. The van der Waals surface area contributed by atoms with Gasteiger partial charge in [-0.1, -0.05) is 18.2 Å². The maximum atomic E-state index is 12.7. The molecule has 5 N–H and O–H groups in total. The van der Waals surface area contributed by atoms with Crippen LogP contribution in [0.15, 0.2) is 78.9 Å². The van der Waals surface area contributed by atoms with Crippen molar-refractivity contribution in [1.82, 2.24) is 10.2 Å². The van der Waals surface area contributed by atoms with Crippen LogP contribution < -0.4 is 21.1 Å². The van der Waals surface area contributed by atoms with Gasteiger partial charge in [-0.15, -0.1) is 0 Å². The summed E-state index contributed by atoms with van der Waals surface area (Å²) < 4.78 is 43.8. The van der Waals surface area contributed by atoms with Crippen LogP contribution in [0.2, 0.25) is 0 Å². The summed E-state index contributed by atoms with van der Waals surface area (Å²) in [4.78, 5) is 23.6. The van der Waals surface area contributed by atoms with Crippen molar-refractivity contribution in [3.8, 4) is 22.8 Å². The van der Waals surface area contributed by atoms with Gasteiger partial charge in [-0.2, -0.15) is 18.3 Å². The van der Waals surface area contributed by atoms with E-state index in [1.54, 1.807) is 42.5 Å². The summed E-state index contributed by atoms with van der Waals surface area (Å²) in [5, 5.41) is 11.8. The molecule has 3 amide bonds. The lowest BCUT2D eigenvalue weighted by atomic mass is 10.1. The predicted molar refractivity (Wildman–Crippen MR) is 123 cm³/mol. The van der Waals surface area contributed by atoms with E-state index in [0.29, 0.717) is 34.0 Å². The monoisotopic (exact) mass is 481 g/mol. The van der Waals surface area contributed by atoms with Crippen molar-refractivity contribution in [3.63, 3.8) is 0 Å². The molecule has 0 bridgehead atoms. The summed E-state index contributed by atoms with van der Waals surface area (Å²) >= 11 is 0. The summed E-state index contributed by atoms with van der Waals surface area (Å²) in [5.41, 5.74) is 6.22. The second-order valence-electron chi connectivity index (χ2n) is 7.34. The first kappa shape index (κ1) is 23.4. The second kappa shape index (κ2) is 9.59. The molecule has 4 rings (SSSR count). The molecule has 0 fully saturated rings. The van der Waals surface area contributed by atoms with Crippen molar-refractivity contribution in [2.45, 2.75) is 6.18 Å². The number of nitrogens with two attached hydrogens (primary N) is 1. The number of amides is 3. The molecule has 0 saturated carbocycles. The number of benzene rings is 3. The molecule has 0 aliphatic carbocycles. The summed E-state index contributed by atoms with van der Waals surface area (Å²) in [7, 11) is 0. The zero-order valence-electron chi connectivity index (χ0n) is 17.9. The maximum absolute atomic E-state index is 12.7. The fraction of sp³-hybridized carbons (Fsp3) is 0.0417. The third-order valence-corrected chi connectivity index (χ3v) is 4.81. The molecule has 0 aliphatic rings. The van der Waals surface area contributed by atoms with E-state index in [2.05, 4.69) is 20.8 Å². The van der Waals surface area contributed by atoms with E-state index in [1.807, 2.05) is 0 Å². The average molecular weight is 481 g/mol. The van der Waals surface area contributed by atoms with E-state index in [4.69, 9.17) is 10.5 Å². The van der Waals surface area contributed by atoms with E-state index in [9.17, 15) is 22.8 Å². The zero-order chi connectivity index (χ0) is 25.0. The minimum absolute atomic E-state index is 0.187. The van der Waals surface area contributed by atoms with Crippen molar-refractivity contribution in [3.05, 3.63) is 90.0 Å². The van der Waals surface area contributed by atoms with Crippen LogP contribution in [0.5, 0.6) is 11.5 Å². The SMILES string of the molecule is NC(=O)c1cccc(Oc2ccc(NC(=O)Nc3cc(-c4ccc(C(F)(F)F)cc4)[nH]n3)cc2)c1. The average Bonchev–Trinajstić information content (AvgIpc) is 3.28. The number of hydrogen-bond donors (Lipinski definition) is 4. The Kier molecular flexibility index (Phi) is 6.40. The van der Waals surface area contributed by atoms with Gasteiger partial charge in [0.25, 0.3) is 0 Å². The Bertz CT molecular complexity index is 1350. The number of carbonyl (C=O) groups excluding carboxylic acids is 2. The number of nitrogens with zero attached hydrogens (tertiary/aromatic N) is 1. The molecular formula is C24H18F3N5O3. The topological polar surface area (TPSA) is 122 Å². The van der Waals surface area contributed by atoms with Gasteiger partial charge in [0.1, 0.15) is 11.5 Å². The van der Waals surface area contributed by atoms with Gasteiger partial charge < -0.3 is 15.8 Å². The Morgan fingerprint density at radius 2 is 1.60 bits per heavy atom. The van der Waals surface area contributed by atoms with Crippen LogP contribution in [0.25, 0.3) is 11.3 Å². The number of urea groups is 1. The number of primary amides is 1. The number of carbonyl (C=O) groups is 2. The second-order valence-corrected chi connectivity index (χ2v) is 7.34. The molecule has 3 aromatic carbocycles. The Labute approximate surface area is 196 Å². The Balaban J connectivity index is 1.34. The van der Waals surface area contributed by atoms with Gasteiger partial charge in [-0.25, -0.2) is 4.79 Å². The number of hydrogen-bond acceptors (Lipinski definition) is 4. The van der Waals surface area contributed by atoms with Gasteiger partial charge in [0.15, 0.2) is 5.82 Å².